The van der Waals surface area contributed by atoms with Crippen LogP contribution in [0.15, 0.2) is 138 Å². The minimum absolute atomic E-state index is 0.00325. The largest absolute Gasteiger partial charge is 0.398 e. The molecule has 332 valence electrons. The summed E-state index contributed by atoms with van der Waals surface area (Å²) in [5.74, 6) is -0.564. The second kappa shape index (κ2) is 21.3. The van der Waals surface area contributed by atoms with Crippen LogP contribution in [0.3, 0.4) is 0 Å². The van der Waals surface area contributed by atoms with Crippen LogP contribution in [0.1, 0.15) is 36.1 Å². The highest BCUT2D eigenvalue weighted by Crippen LogP contribution is 2.28. The normalized spacial score (nSPS) is 17.3. The molecule has 11 nitrogen and oxygen atoms in total. The van der Waals surface area contributed by atoms with E-state index in [9.17, 15) is 18.4 Å². The molecule has 0 bridgehead atoms. The van der Waals surface area contributed by atoms with Gasteiger partial charge in [-0.3, -0.25) is 24.7 Å². The number of aliphatic imine (C=N–C) groups is 1. The van der Waals surface area contributed by atoms with E-state index in [1.165, 1.54) is 24.3 Å². The lowest BCUT2D eigenvalue weighted by Gasteiger charge is -2.39. The number of rotatable bonds is 9. The third-order valence-electron chi connectivity index (χ3n) is 11.7. The summed E-state index contributed by atoms with van der Waals surface area (Å²) in [7, 11) is 0. The van der Waals surface area contributed by atoms with Crippen LogP contribution in [-0.4, -0.2) is 88.7 Å². The van der Waals surface area contributed by atoms with Crippen LogP contribution in [0.5, 0.6) is 0 Å². The molecule has 2 fully saturated rings. The van der Waals surface area contributed by atoms with E-state index in [0.29, 0.717) is 24.5 Å². The highest BCUT2D eigenvalue weighted by Gasteiger charge is 2.27. The Hall–Kier alpha value is -7.40. The summed E-state index contributed by atoms with van der Waals surface area (Å²) >= 11 is 0. The molecule has 6 aromatic carbocycles. The predicted octanol–water partition coefficient (Wildman–Crippen LogP) is 8.05. The zero-order valence-electron chi connectivity index (χ0n) is 36.6. The molecule has 2 saturated heterocycles. The Morgan fingerprint density at radius 1 is 0.677 bits per heavy atom. The second-order valence-corrected chi connectivity index (χ2v) is 16.5. The van der Waals surface area contributed by atoms with Crippen LogP contribution in [0.4, 0.5) is 20.2 Å². The lowest BCUT2D eigenvalue weighted by molar-refractivity contribution is -0.131. The van der Waals surface area contributed by atoms with Crippen molar-refractivity contribution in [3.8, 4) is 6.19 Å². The van der Waals surface area contributed by atoms with Crippen LogP contribution in [0.2, 0.25) is 0 Å². The molecule has 13 heteroatoms. The molecule has 6 aromatic rings. The second-order valence-electron chi connectivity index (χ2n) is 16.5. The van der Waals surface area contributed by atoms with E-state index in [0.717, 1.165) is 83.1 Å². The number of nitriles is 1. The molecular weight excluding hydrogens is 821 g/mol. The van der Waals surface area contributed by atoms with E-state index in [4.69, 9.17) is 16.7 Å². The third kappa shape index (κ3) is 12.2. The van der Waals surface area contributed by atoms with Crippen LogP contribution in [0.25, 0.3) is 33.7 Å². The van der Waals surface area contributed by atoms with E-state index in [1.54, 1.807) is 36.6 Å². The maximum absolute atomic E-state index is 13.2. The number of benzene rings is 6. The maximum Gasteiger partial charge on any atom is 0.246 e. The Bertz CT molecular complexity index is 2770. The molecule has 2 heterocycles. The van der Waals surface area contributed by atoms with Crippen molar-refractivity contribution >= 4 is 62.8 Å². The summed E-state index contributed by atoms with van der Waals surface area (Å²) in [4.78, 5) is 38.5. The number of halogens is 2. The first-order chi connectivity index (χ1) is 31.4. The zero-order chi connectivity index (χ0) is 45.9. The van der Waals surface area contributed by atoms with Gasteiger partial charge < -0.3 is 21.3 Å². The first kappa shape index (κ1) is 45.6. The van der Waals surface area contributed by atoms with Crippen LogP contribution >= 0.6 is 0 Å². The number of hydrogen-bond donors (Lipinski definition) is 3. The van der Waals surface area contributed by atoms with E-state index >= 15 is 0 Å². The van der Waals surface area contributed by atoms with E-state index in [-0.39, 0.29) is 41.5 Å². The fourth-order valence-corrected chi connectivity index (χ4v) is 8.33. The van der Waals surface area contributed by atoms with Gasteiger partial charge in [-0.05, 0) is 113 Å². The molecule has 0 radical (unpaired) electrons. The number of piperazine rings is 2. The lowest BCUT2D eigenvalue weighted by atomic mass is 10.0. The summed E-state index contributed by atoms with van der Waals surface area (Å²) in [6, 6.07) is 36.9. The Morgan fingerprint density at radius 2 is 1.11 bits per heavy atom. The molecule has 0 aliphatic carbocycles. The van der Waals surface area contributed by atoms with Gasteiger partial charge >= 0.3 is 0 Å². The zero-order valence-corrected chi connectivity index (χ0v) is 36.6. The van der Waals surface area contributed by atoms with Crippen LogP contribution in [-0.2, 0) is 22.7 Å². The quantitative estimate of drug-likeness (QED) is 0.0331. The molecule has 2 amide bonds. The molecule has 0 aromatic heterocycles. The molecule has 8 rings (SSSR count). The van der Waals surface area contributed by atoms with Crippen molar-refractivity contribution in [1.82, 2.24) is 24.9 Å². The Balaban J connectivity index is 0.000000196. The fraction of sp³-hybridized carbons (Fsp3) is 0.231. The van der Waals surface area contributed by atoms with Crippen molar-refractivity contribution in [1.29, 1.82) is 5.26 Å². The Labute approximate surface area is 378 Å². The maximum atomic E-state index is 13.2. The van der Waals surface area contributed by atoms with Gasteiger partial charge in [-0.2, -0.15) is 5.26 Å². The number of nitrogen functional groups attached to an aromatic ring is 1. The molecule has 65 heavy (non-hydrogen) atoms. The monoisotopic (exact) mass is 873 g/mol. The number of amides is 2. The minimum atomic E-state index is -0.242. The molecule has 5 N–H and O–H groups in total. The summed E-state index contributed by atoms with van der Waals surface area (Å²) in [6.45, 7) is 9.90. The number of hydrogen-bond acceptors (Lipinski definition) is 7. The van der Waals surface area contributed by atoms with E-state index in [1.807, 2.05) is 108 Å². The standard InChI is InChI=1S/C27H27FN6O.C25H26FN3O/c1-19-16-33(17-20-6-9-24(28)10-7-20)12-13-34(19)26(35)11-8-23-14-21-4-2-3-5-22(21)15-25(23)32-27(30)31-18-29;1-18-16-28(17-19-6-9-23(26)10-7-19)12-13-29(18)25(30)11-8-22-14-20-4-2-3-5-21(20)15-24(22)27/h2-11,14-15,19H,12-13,16-17H2,1H3,(H3,30,31,32);2-11,14-15,18H,12-13,16-17,27H2,1H3/b2*11-8+/t19-;18-/m11/s1. The molecular formula is C52H53F2N9O2. The van der Waals surface area contributed by atoms with Gasteiger partial charge in [0.1, 0.15) is 11.6 Å². The van der Waals surface area contributed by atoms with Crippen molar-refractivity contribution < 1.29 is 18.4 Å². The van der Waals surface area contributed by atoms with Gasteiger partial charge in [-0.1, -0.05) is 72.8 Å². The number of nitrogens with zero attached hydrogens (tertiary/aromatic N) is 6. The van der Waals surface area contributed by atoms with Crippen LogP contribution in [0, 0.1) is 23.1 Å². The smallest absolute Gasteiger partial charge is 0.246 e. The SMILES string of the molecule is C[C@@H]1CN(Cc2ccc(F)cc2)CCN1C(=O)/C=C/c1cc2ccccc2cc1N.C[C@@H]1CN(Cc2ccc(F)cc2)CCN1C(=O)/C=C/c1cc2ccccc2cc1N=C(N)NC#N. The average Bonchev–Trinajstić information content (AvgIpc) is 3.29. The summed E-state index contributed by atoms with van der Waals surface area (Å²) in [5.41, 5.74) is 16.9. The topological polar surface area (TPSA) is 147 Å². The van der Waals surface area contributed by atoms with E-state index < -0.39 is 0 Å². The molecule has 0 saturated carbocycles. The minimum Gasteiger partial charge on any atom is -0.398 e. The van der Waals surface area contributed by atoms with Gasteiger partial charge in [0.2, 0.25) is 17.8 Å². The van der Waals surface area contributed by atoms with Crippen molar-refractivity contribution in [3.63, 3.8) is 0 Å². The summed E-state index contributed by atoms with van der Waals surface area (Å²) in [5, 5.41) is 15.3. The first-order valence-electron chi connectivity index (χ1n) is 21.6. The number of guanidine groups is 1. The van der Waals surface area contributed by atoms with Crippen molar-refractivity contribution in [2.75, 3.05) is 45.0 Å². The number of carbonyl (C=O) groups excluding carboxylic acids is 2. The van der Waals surface area contributed by atoms with Gasteiger partial charge in [0.05, 0.1) is 5.69 Å². The number of fused-ring (bicyclic) bond motifs is 2. The molecule has 2 aliphatic heterocycles. The average molecular weight is 874 g/mol. The lowest BCUT2D eigenvalue weighted by Crippen LogP contribution is -2.53. The summed E-state index contributed by atoms with van der Waals surface area (Å²) < 4.78 is 26.3. The third-order valence-corrected chi connectivity index (χ3v) is 11.7. The molecule has 2 atom stereocenters. The number of nitrogens with two attached hydrogens (primary N) is 2. The predicted molar refractivity (Wildman–Crippen MR) is 256 cm³/mol. The Morgan fingerprint density at radius 3 is 1.57 bits per heavy atom. The molecule has 2 aliphatic rings. The number of nitrogens with one attached hydrogen (secondary N) is 1. The van der Waals surface area contributed by atoms with Gasteiger partial charge in [-0.25, -0.2) is 13.8 Å². The summed E-state index contributed by atoms with van der Waals surface area (Å²) in [6.07, 6.45) is 8.48. The Kier molecular flexibility index (Phi) is 15.0. The molecule has 0 spiro atoms. The van der Waals surface area contributed by atoms with Crippen molar-refractivity contribution in [3.05, 3.63) is 167 Å². The number of anilines is 1. The highest BCUT2D eigenvalue weighted by atomic mass is 19.1. The van der Waals surface area contributed by atoms with Crippen molar-refractivity contribution in [2.24, 2.45) is 10.7 Å². The van der Waals surface area contributed by atoms with Gasteiger partial charge in [-0.15, -0.1) is 0 Å². The van der Waals surface area contributed by atoms with Gasteiger partial charge in [0.25, 0.3) is 0 Å². The van der Waals surface area contributed by atoms with E-state index in [2.05, 4.69) is 27.0 Å². The first-order valence-corrected chi connectivity index (χ1v) is 21.6. The van der Waals surface area contributed by atoms with Crippen molar-refractivity contribution in [2.45, 2.75) is 39.0 Å². The fourth-order valence-electron chi connectivity index (χ4n) is 8.33. The highest BCUT2D eigenvalue weighted by molar-refractivity contribution is 5.97. The van der Waals surface area contributed by atoms with Gasteiger partial charge in [0.15, 0.2) is 6.19 Å². The molecule has 0 unspecified atom stereocenters. The van der Waals surface area contributed by atoms with Gasteiger partial charge in [0, 0.05) is 87.8 Å². The van der Waals surface area contributed by atoms with Crippen LogP contribution < -0.4 is 16.8 Å². The number of carbonyl (C=O) groups is 2.